The fourth-order valence-corrected chi connectivity index (χ4v) is 2.27. The fourth-order valence-electron chi connectivity index (χ4n) is 2.27. The first-order chi connectivity index (χ1) is 5.77. The molecule has 2 aliphatic heterocycles. The van der Waals surface area contributed by atoms with E-state index in [1.807, 2.05) is 0 Å². The van der Waals surface area contributed by atoms with Gasteiger partial charge in [0.15, 0.2) is 0 Å². The molecule has 0 aromatic carbocycles. The molecule has 0 aliphatic carbocycles. The Bertz CT molecular complexity index is 154. The second kappa shape index (κ2) is 3.35. The lowest BCUT2D eigenvalue weighted by molar-refractivity contribution is 0.188. The second-order valence-corrected chi connectivity index (χ2v) is 4.40. The largest absolute Gasteiger partial charge is 0.372 e. The van der Waals surface area contributed by atoms with E-state index in [9.17, 15) is 0 Å². The zero-order valence-corrected chi connectivity index (χ0v) is 8.12. The lowest BCUT2D eigenvalue weighted by Crippen LogP contribution is -2.36. The Balaban J connectivity index is 1.84. The summed E-state index contributed by atoms with van der Waals surface area (Å²) in [6, 6.07) is 0.828. The molecule has 0 saturated carbocycles. The molecule has 0 spiro atoms. The Kier molecular flexibility index (Phi) is 2.37. The number of nitrogens with zero attached hydrogens (tertiary/aromatic N) is 1. The Morgan fingerprint density at radius 1 is 1.50 bits per heavy atom. The van der Waals surface area contributed by atoms with Crippen LogP contribution in [-0.2, 0) is 4.74 Å². The summed E-state index contributed by atoms with van der Waals surface area (Å²) in [6.07, 6.45) is 3.35. The van der Waals surface area contributed by atoms with E-state index in [2.05, 4.69) is 18.7 Å². The molecule has 0 N–H and O–H groups in total. The summed E-state index contributed by atoms with van der Waals surface area (Å²) in [5.41, 5.74) is 0. The van der Waals surface area contributed by atoms with Crippen LogP contribution in [0.5, 0.6) is 0 Å². The average molecular weight is 169 g/mol. The molecular formula is C10H19NO. The molecule has 0 bridgehead atoms. The van der Waals surface area contributed by atoms with Gasteiger partial charge < -0.3 is 4.74 Å². The summed E-state index contributed by atoms with van der Waals surface area (Å²) < 4.78 is 5.26. The molecule has 2 unspecified atom stereocenters. The molecule has 12 heavy (non-hydrogen) atoms. The van der Waals surface area contributed by atoms with Gasteiger partial charge >= 0.3 is 0 Å². The highest BCUT2D eigenvalue weighted by Crippen LogP contribution is 2.25. The first kappa shape index (κ1) is 8.52. The van der Waals surface area contributed by atoms with Crippen molar-refractivity contribution in [2.45, 2.75) is 38.8 Å². The van der Waals surface area contributed by atoms with Crippen LogP contribution in [-0.4, -0.2) is 36.7 Å². The van der Waals surface area contributed by atoms with Crippen molar-refractivity contribution in [3.8, 4) is 0 Å². The van der Waals surface area contributed by atoms with Gasteiger partial charge in [-0.05, 0) is 25.3 Å². The van der Waals surface area contributed by atoms with Gasteiger partial charge in [0, 0.05) is 12.6 Å². The minimum Gasteiger partial charge on any atom is -0.372 e. The van der Waals surface area contributed by atoms with Gasteiger partial charge in [-0.2, -0.15) is 0 Å². The molecule has 70 valence electrons. The van der Waals surface area contributed by atoms with E-state index in [4.69, 9.17) is 4.74 Å². The van der Waals surface area contributed by atoms with Crippen LogP contribution in [0.4, 0.5) is 0 Å². The maximum Gasteiger partial charge on any atom is 0.0936 e. The van der Waals surface area contributed by atoms with Crippen molar-refractivity contribution in [3.05, 3.63) is 0 Å². The third-order valence-corrected chi connectivity index (χ3v) is 3.02. The van der Waals surface area contributed by atoms with Gasteiger partial charge in [-0.3, -0.25) is 4.90 Å². The highest BCUT2D eigenvalue weighted by molar-refractivity contribution is 4.85. The molecule has 2 aliphatic rings. The molecule has 2 nitrogen and oxygen atoms in total. The molecule has 0 aromatic heterocycles. The maximum absolute atomic E-state index is 5.26. The minimum atomic E-state index is 0.573. The van der Waals surface area contributed by atoms with Gasteiger partial charge in [0.05, 0.1) is 12.7 Å². The van der Waals surface area contributed by atoms with Gasteiger partial charge in [-0.15, -0.1) is 0 Å². The van der Waals surface area contributed by atoms with E-state index in [0.29, 0.717) is 6.10 Å². The van der Waals surface area contributed by atoms with Crippen molar-refractivity contribution in [1.82, 2.24) is 4.90 Å². The smallest absolute Gasteiger partial charge is 0.0936 e. The van der Waals surface area contributed by atoms with Gasteiger partial charge in [0.1, 0.15) is 0 Å². The molecule has 0 aromatic rings. The summed E-state index contributed by atoms with van der Waals surface area (Å²) in [6.45, 7) is 8.14. The highest BCUT2D eigenvalue weighted by atomic mass is 16.6. The van der Waals surface area contributed by atoms with Crippen LogP contribution in [0.1, 0.15) is 26.7 Å². The van der Waals surface area contributed by atoms with E-state index in [0.717, 1.165) is 18.6 Å². The van der Waals surface area contributed by atoms with Crippen LogP contribution in [0.3, 0.4) is 0 Å². The van der Waals surface area contributed by atoms with Crippen molar-refractivity contribution in [2.75, 3.05) is 19.7 Å². The van der Waals surface area contributed by atoms with E-state index >= 15 is 0 Å². The summed E-state index contributed by atoms with van der Waals surface area (Å²) >= 11 is 0. The molecule has 0 radical (unpaired) electrons. The van der Waals surface area contributed by atoms with Crippen molar-refractivity contribution in [2.24, 2.45) is 5.92 Å². The van der Waals surface area contributed by atoms with Gasteiger partial charge in [0.2, 0.25) is 0 Å². The van der Waals surface area contributed by atoms with E-state index < -0.39 is 0 Å². The number of epoxide rings is 1. The van der Waals surface area contributed by atoms with Crippen molar-refractivity contribution in [3.63, 3.8) is 0 Å². The Morgan fingerprint density at radius 3 is 2.83 bits per heavy atom. The summed E-state index contributed by atoms with van der Waals surface area (Å²) in [7, 11) is 0. The monoisotopic (exact) mass is 169 g/mol. The van der Waals surface area contributed by atoms with Gasteiger partial charge in [-0.1, -0.05) is 13.8 Å². The standard InChI is InChI=1S/C10H19NO/c1-8(2)10-4-3-5-11(10)6-9-7-12-9/h8-10H,3-7H2,1-2H3. The Labute approximate surface area is 74.9 Å². The van der Waals surface area contributed by atoms with Gasteiger partial charge in [-0.25, -0.2) is 0 Å². The van der Waals surface area contributed by atoms with Crippen molar-refractivity contribution in [1.29, 1.82) is 0 Å². The van der Waals surface area contributed by atoms with Crippen LogP contribution in [0.15, 0.2) is 0 Å². The molecule has 2 atom stereocenters. The average Bonchev–Trinajstić information content (AvgIpc) is 2.66. The predicted molar refractivity (Wildman–Crippen MR) is 49.2 cm³/mol. The summed E-state index contributed by atoms with van der Waals surface area (Å²) in [5.74, 6) is 0.811. The second-order valence-electron chi connectivity index (χ2n) is 4.40. The van der Waals surface area contributed by atoms with E-state index in [1.165, 1.54) is 25.9 Å². The fraction of sp³-hybridized carbons (Fsp3) is 1.00. The van der Waals surface area contributed by atoms with Crippen LogP contribution < -0.4 is 0 Å². The lowest BCUT2D eigenvalue weighted by atomic mass is 10.0. The number of ether oxygens (including phenoxy) is 1. The topological polar surface area (TPSA) is 15.8 Å². The number of rotatable bonds is 3. The number of likely N-dealkylation sites (tertiary alicyclic amines) is 1. The Morgan fingerprint density at radius 2 is 2.25 bits per heavy atom. The molecule has 0 amide bonds. The maximum atomic E-state index is 5.26. The molecule has 2 heteroatoms. The normalized spacial score (nSPS) is 36.2. The zero-order valence-electron chi connectivity index (χ0n) is 8.12. The predicted octanol–water partition coefficient (Wildman–Crippen LogP) is 1.51. The van der Waals surface area contributed by atoms with Crippen LogP contribution in [0.2, 0.25) is 0 Å². The first-order valence-electron chi connectivity index (χ1n) is 5.13. The zero-order chi connectivity index (χ0) is 8.55. The highest BCUT2D eigenvalue weighted by Gasteiger charge is 2.32. The van der Waals surface area contributed by atoms with E-state index in [-0.39, 0.29) is 0 Å². The molecule has 2 heterocycles. The first-order valence-corrected chi connectivity index (χ1v) is 5.13. The number of hydrogen-bond acceptors (Lipinski definition) is 2. The molecular weight excluding hydrogens is 150 g/mol. The molecule has 2 saturated heterocycles. The van der Waals surface area contributed by atoms with Crippen molar-refractivity contribution >= 4 is 0 Å². The Hall–Kier alpha value is -0.0800. The van der Waals surface area contributed by atoms with Crippen LogP contribution in [0, 0.1) is 5.92 Å². The third-order valence-electron chi connectivity index (χ3n) is 3.02. The SMILES string of the molecule is CC(C)C1CCCN1CC1CO1. The van der Waals surface area contributed by atoms with Gasteiger partial charge in [0.25, 0.3) is 0 Å². The van der Waals surface area contributed by atoms with Crippen LogP contribution >= 0.6 is 0 Å². The molecule has 2 rings (SSSR count). The minimum absolute atomic E-state index is 0.573. The van der Waals surface area contributed by atoms with Crippen molar-refractivity contribution < 1.29 is 4.74 Å². The van der Waals surface area contributed by atoms with E-state index in [1.54, 1.807) is 0 Å². The third kappa shape index (κ3) is 1.80. The number of hydrogen-bond donors (Lipinski definition) is 0. The lowest BCUT2D eigenvalue weighted by Gasteiger charge is -2.26. The molecule has 2 fully saturated rings. The van der Waals surface area contributed by atoms with Crippen LogP contribution in [0.25, 0.3) is 0 Å². The quantitative estimate of drug-likeness (QED) is 0.595. The summed E-state index contributed by atoms with van der Waals surface area (Å²) in [5, 5.41) is 0. The summed E-state index contributed by atoms with van der Waals surface area (Å²) in [4.78, 5) is 2.61.